The zero-order chi connectivity index (χ0) is 17.5. The molecular weight excluding hydrogens is 314 g/mol. The van der Waals surface area contributed by atoms with Gasteiger partial charge in [-0.25, -0.2) is 4.79 Å². The van der Waals surface area contributed by atoms with Crippen LogP contribution in [0.2, 0.25) is 0 Å². The highest BCUT2D eigenvalue weighted by atomic mass is 16.6. The lowest BCUT2D eigenvalue weighted by Gasteiger charge is -2.11. The lowest BCUT2D eigenvalue weighted by atomic mass is 10.1. The van der Waals surface area contributed by atoms with Crippen LogP contribution in [0.15, 0.2) is 42.5 Å². The first-order valence-corrected chi connectivity index (χ1v) is 7.16. The molecule has 0 N–H and O–H groups in total. The molecule has 0 saturated carbocycles. The largest absolute Gasteiger partial charge is 0.496 e. The molecule has 0 spiro atoms. The average Bonchev–Trinajstić information content (AvgIpc) is 2.58. The minimum atomic E-state index is -0.545. The van der Waals surface area contributed by atoms with Crippen LogP contribution in [0, 0.1) is 17.0 Å². The number of nitrogens with zero attached hydrogens (tertiary/aromatic N) is 1. The molecule has 2 aromatic carbocycles. The Morgan fingerprint density at radius 3 is 2.50 bits per heavy atom. The van der Waals surface area contributed by atoms with Crippen molar-refractivity contribution in [3.8, 4) is 11.5 Å². The van der Waals surface area contributed by atoms with E-state index < -0.39 is 10.9 Å². The van der Waals surface area contributed by atoms with Gasteiger partial charge in [-0.1, -0.05) is 11.6 Å². The molecule has 0 radical (unpaired) electrons. The van der Waals surface area contributed by atoms with Crippen molar-refractivity contribution in [1.82, 2.24) is 0 Å². The monoisotopic (exact) mass is 331 g/mol. The second-order valence-electron chi connectivity index (χ2n) is 5.02. The summed E-state index contributed by atoms with van der Waals surface area (Å²) in [6, 6.07) is 11.1. The SMILES string of the molecule is COc1ccc(C)cc1COC(=O)COc1ccc([N+](=O)[O-])cc1. The normalized spacial score (nSPS) is 10.1. The highest BCUT2D eigenvalue weighted by Gasteiger charge is 2.10. The smallest absolute Gasteiger partial charge is 0.344 e. The van der Waals surface area contributed by atoms with Crippen molar-refractivity contribution < 1.29 is 23.9 Å². The minimum Gasteiger partial charge on any atom is -0.496 e. The molecular formula is C17H17NO6. The first kappa shape index (κ1) is 17.3. The lowest BCUT2D eigenvalue weighted by Crippen LogP contribution is -2.15. The van der Waals surface area contributed by atoms with Gasteiger partial charge in [-0.3, -0.25) is 10.1 Å². The Morgan fingerprint density at radius 2 is 1.88 bits per heavy atom. The zero-order valence-corrected chi connectivity index (χ0v) is 13.4. The summed E-state index contributed by atoms with van der Waals surface area (Å²) in [7, 11) is 1.55. The number of aryl methyl sites for hydroxylation is 1. The maximum Gasteiger partial charge on any atom is 0.344 e. The van der Waals surface area contributed by atoms with Gasteiger partial charge >= 0.3 is 5.97 Å². The van der Waals surface area contributed by atoms with Gasteiger partial charge in [0.05, 0.1) is 12.0 Å². The number of carbonyl (C=O) groups is 1. The Hall–Kier alpha value is -3.09. The van der Waals surface area contributed by atoms with E-state index in [0.29, 0.717) is 11.5 Å². The lowest BCUT2D eigenvalue weighted by molar-refractivity contribution is -0.384. The van der Waals surface area contributed by atoms with Gasteiger partial charge in [0.15, 0.2) is 6.61 Å². The summed E-state index contributed by atoms with van der Waals surface area (Å²) in [5, 5.41) is 10.6. The van der Waals surface area contributed by atoms with Crippen LogP contribution in [-0.4, -0.2) is 24.6 Å². The van der Waals surface area contributed by atoms with Crippen LogP contribution in [0.4, 0.5) is 5.69 Å². The van der Waals surface area contributed by atoms with Crippen molar-refractivity contribution in [3.63, 3.8) is 0 Å². The maximum absolute atomic E-state index is 11.8. The number of nitro benzene ring substituents is 1. The van der Waals surface area contributed by atoms with Crippen LogP contribution >= 0.6 is 0 Å². The van der Waals surface area contributed by atoms with Crippen molar-refractivity contribution in [2.75, 3.05) is 13.7 Å². The van der Waals surface area contributed by atoms with E-state index >= 15 is 0 Å². The number of carbonyl (C=O) groups excluding carboxylic acids is 1. The van der Waals surface area contributed by atoms with Gasteiger partial charge < -0.3 is 14.2 Å². The molecule has 0 atom stereocenters. The number of rotatable bonds is 7. The molecule has 24 heavy (non-hydrogen) atoms. The van der Waals surface area contributed by atoms with Gasteiger partial charge in [0.2, 0.25) is 0 Å². The topological polar surface area (TPSA) is 87.9 Å². The van der Waals surface area contributed by atoms with Gasteiger partial charge in [0, 0.05) is 17.7 Å². The van der Waals surface area contributed by atoms with E-state index in [4.69, 9.17) is 14.2 Å². The summed E-state index contributed by atoms with van der Waals surface area (Å²) < 4.78 is 15.6. The maximum atomic E-state index is 11.8. The highest BCUT2D eigenvalue weighted by molar-refractivity contribution is 5.71. The minimum absolute atomic E-state index is 0.0449. The van der Waals surface area contributed by atoms with E-state index in [1.807, 2.05) is 25.1 Å². The number of ether oxygens (including phenoxy) is 3. The number of esters is 1. The van der Waals surface area contributed by atoms with Crippen molar-refractivity contribution in [2.45, 2.75) is 13.5 Å². The van der Waals surface area contributed by atoms with Crippen molar-refractivity contribution in [3.05, 3.63) is 63.7 Å². The summed E-state index contributed by atoms with van der Waals surface area (Å²) in [6.07, 6.45) is 0. The predicted molar refractivity (Wildman–Crippen MR) is 86.1 cm³/mol. The molecule has 0 aromatic heterocycles. The number of methoxy groups -OCH3 is 1. The molecule has 0 aliphatic heterocycles. The third kappa shape index (κ3) is 4.70. The first-order valence-electron chi connectivity index (χ1n) is 7.16. The summed E-state index contributed by atoms with van der Waals surface area (Å²) in [6.45, 7) is 1.72. The number of non-ortho nitro benzene ring substituents is 1. The average molecular weight is 331 g/mol. The Balaban J connectivity index is 1.85. The second-order valence-corrected chi connectivity index (χ2v) is 5.02. The molecule has 126 valence electrons. The third-order valence-electron chi connectivity index (χ3n) is 3.23. The summed E-state index contributed by atoms with van der Waals surface area (Å²) >= 11 is 0. The molecule has 0 bridgehead atoms. The Morgan fingerprint density at radius 1 is 1.17 bits per heavy atom. The molecule has 0 fully saturated rings. The molecule has 2 rings (SSSR count). The highest BCUT2D eigenvalue weighted by Crippen LogP contribution is 2.21. The molecule has 2 aromatic rings. The number of hydrogen-bond acceptors (Lipinski definition) is 6. The van der Waals surface area contributed by atoms with E-state index in [-0.39, 0.29) is 18.9 Å². The number of nitro groups is 1. The van der Waals surface area contributed by atoms with Crippen molar-refractivity contribution in [2.24, 2.45) is 0 Å². The fourth-order valence-electron chi connectivity index (χ4n) is 2.03. The first-order chi connectivity index (χ1) is 11.5. The molecule has 0 aliphatic rings. The predicted octanol–water partition coefficient (Wildman–Crippen LogP) is 3.03. The quantitative estimate of drug-likeness (QED) is 0.440. The Kier molecular flexibility index (Phi) is 5.73. The molecule has 7 heteroatoms. The van der Waals surface area contributed by atoms with Crippen LogP contribution in [0.1, 0.15) is 11.1 Å². The molecule has 0 heterocycles. The standard InChI is InChI=1S/C17H17NO6/c1-12-3-8-16(22-2)13(9-12)10-24-17(19)11-23-15-6-4-14(5-7-15)18(20)21/h3-9H,10-11H2,1-2H3. The van der Waals surface area contributed by atoms with Crippen LogP contribution in [0.5, 0.6) is 11.5 Å². The van der Waals surface area contributed by atoms with Gasteiger partial charge in [-0.15, -0.1) is 0 Å². The van der Waals surface area contributed by atoms with Crippen molar-refractivity contribution in [1.29, 1.82) is 0 Å². The van der Waals surface area contributed by atoms with Crippen molar-refractivity contribution >= 4 is 11.7 Å². The third-order valence-corrected chi connectivity index (χ3v) is 3.23. The Bertz CT molecular complexity index is 726. The molecule has 0 unspecified atom stereocenters. The van der Waals surface area contributed by atoms with Gasteiger partial charge in [0.1, 0.15) is 18.1 Å². The fraction of sp³-hybridized carbons (Fsp3) is 0.235. The number of hydrogen-bond donors (Lipinski definition) is 0. The fourth-order valence-corrected chi connectivity index (χ4v) is 2.03. The Labute approximate surface area is 138 Å². The van der Waals surface area contributed by atoms with E-state index in [2.05, 4.69) is 0 Å². The molecule has 0 aliphatic carbocycles. The van der Waals surface area contributed by atoms with Gasteiger partial charge in [-0.2, -0.15) is 0 Å². The van der Waals surface area contributed by atoms with E-state index in [0.717, 1.165) is 11.1 Å². The summed E-state index contributed by atoms with van der Waals surface area (Å²) in [4.78, 5) is 21.8. The van der Waals surface area contributed by atoms with Gasteiger partial charge in [-0.05, 0) is 31.2 Å². The van der Waals surface area contributed by atoms with Crippen LogP contribution in [0.3, 0.4) is 0 Å². The van der Waals surface area contributed by atoms with E-state index in [9.17, 15) is 14.9 Å². The second kappa shape index (κ2) is 7.96. The van der Waals surface area contributed by atoms with E-state index in [1.165, 1.54) is 24.3 Å². The molecule has 0 saturated heterocycles. The molecule has 7 nitrogen and oxygen atoms in total. The van der Waals surface area contributed by atoms with Crippen LogP contribution < -0.4 is 9.47 Å². The van der Waals surface area contributed by atoms with Crippen LogP contribution in [0.25, 0.3) is 0 Å². The van der Waals surface area contributed by atoms with Gasteiger partial charge in [0.25, 0.3) is 5.69 Å². The molecule has 0 amide bonds. The van der Waals surface area contributed by atoms with E-state index in [1.54, 1.807) is 7.11 Å². The van der Waals surface area contributed by atoms with Crippen LogP contribution in [-0.2, 0) is 16.1 Å². The zero-order valence-electron chi connectivity index (χ0n) is 13.4. The summed E-state index contributed by atoms with van der Waals surface area (Å²) in [5.74, 6) is 0.451. The number of benzene rings is 2. The summed E-state index contributed by atoms with van der Waals surface area (Å²) in [5.41, 5.74) is 1.75.